The second-order valence-corrected chi connectivity index (χ2v) is 5.51. The highest BCUT2D eigenvalue weighted by Crippen LogP contribution is 2.21. The highest BCUT2D eigenvalue weighted by molar-refractivity contribution is 5.71. The molecule has 1 atom stereocenters. The van der Waals surface area contributed by atoms with Crippen molar-refractivity contribution >= 4 is 11.7 Å². The van der Waals surface area contributed by atoms with Gasteiger partial charge in [0.05, 0.1) is 5.92 Å². The van der Waals surface area contributed by atoms with Gasteiger partial charge in [-0.25, -0.2) is 0 Å². The maximum atomic E-state index is 11.3. The lowest BCUT2D eigenvalue weighted by molar-refractivity contribution is -0.141. The van der Waals surface area contributed by atoms with Crippen molar-refractivity contribution in [3.05, 3.63) is 29.3 Å². The van der Waals surface area contributed by atoms with Gasteiger partial charge >= 0.3 is 5.97 Å². The van der Waals surface area contributed by atoms with Crippen molar-refractivity contribution in [1.82, 2.24) is 4.90 Å². The lowest BCUT2D eigenvalue weighted by Gasteiger charge is -2.25. The number of aliphatic carboxylic acids is 1. The highest BCUT2D eigenvalue weighted by atomic mass is 16.4. The van der Waals surface area contributed by atoms with Crippen LogP contribution >= 0.6 is 0 Å². The van der Waals surface area contributed by atoms with Crippen LogP contribution in [0.15, 0.2) is 18.2 Å². The van der Waals surface area contributed by atoms with Gasteiger partial charge in [-0.3, -0.25) is 4.79 Å². The van der Waals surface area contributed by atoms with Gasteiger partial charge in [0.1, 0.15) is 0 Å². The molecule has 1 unspecified atom stereocenters. The number of aryl methyl sites for hydroxylation is 2. The number of rotatable bonds is 2. The molecule has 1 aromatic rings. The van der Waals surface area contributed by atoms with E-state index in [0.29, 0.717) is 13.1 Å². The molecule has 4 nitrogen and oxygen atoms in total. The molecular formula is C15H22N2O2. The summed E-state index contributed by atoms with van der Waals surface area (Å²) in [5, 5.41) is 9.29. The van der Waals surface area contributed by atoms with Crippen molar-refractivity contribution in [2.75, 3.05) is 38.1 Å². The third-order valence-corrected chi connectivity index (χ3v) is 3.93. The summed E-state index contributed by atoms with van der Waals surface area (Å²) in [5.41, 5.74) is 3.65. The molecule has 0 saturated carbocycles. The molecule has 1 fully saturated rings. The summed E-state index contributed by atoms with van der Waals surface area (Å²) in [4.78, 5) is 15.6. The fraction of sp³-hybridized carbons (Fsp3) is 0.533. The first-order valence-electron chi connectivity index (χ1n) is 6.71. The largest absolute Gasteiger partial charge is 0.481 e. The summed E-state index contributed by atoms with van der Waals surface area (Å²) < 4.78 is 0. The summed E-state index contributed by atoms with van der Waals surface area (Å²) in [6.07, 6.45) is 0. The van der Waals surface area contributed by atoms with Crippen LogP contribution in [0, 0.1) is 19.8 Å². The number of carboxylic acid groups (broad SMARTS) is 1. The van der Waals surface area contributed by atoms with Gasteiger partial charge in [-0.2, -0.15) is 0 Å². The van der Waals surface area contributed by atoms with Gasteiger partial charge in [0.15, 0.2) is 0 Å². The Hall–Kier alpha value is -1.55. The van der Waals surface area contributed by atoms with E-state index in [0.717, 1.165) is 18.8 Å². The number of hydrogen-bond donors (Lipinski definition) is 1. The summed E-state index contributed by atoms with van der Waals surface area (Å²) >= 11 is 0. The molecule has 1 aliphatic rings. The van der Waals surface area contributed by atoms with Gasteiger partial charge < -0.3 is 14.9 Å². The zero-order valence-electron chi connectivity index (χ0n) is 11.9. The van der Waals surface area contributed by atoms with Crippen LogP contribution in [0.1, 0.15) is 11.1 Å². The van der Waals surface area contributed by atoms with E-state index < -0.39 is 5.97 Å². The molecule has 4 heteroatoms. The number of likely N-dealkylation sites (N-methyl/N-ethyl adjacent to an activating group) is 1. The Morgan fingerprint density at radius 1 is 1.21 bits per heavy atom. The van der Waals surface area contributed by atoms with Crippen molar-refractivity contribution in [3.63, 3.8) is 0 Å². The van der Waals surface area contributed by atoms with Crippen molar-refractivity contribution in [2.45, 2.75) is 13.8 Å². The Labute approximate surface area is 114 Å². The minimum absolute atomic E-state index is 0.325. The van der Waals surface area contributed by atoms with E-state index in [9.17, 15) is 9.90 Å². The molecule has 0 aromatic heterocycles. The number of nitrogens with zero attached hydrogens (tertiary/aromatic N) is 2. The molecule has 0 aliphatic carbocycles. The first kappa shape index (κ1) is 13.9. The maximum Gasteiger partial charge on any atom is 0.309 e. The maximum absolute atomic E-state index is 11.3. The SMILES string of the molecule is Cc1ccc(N2CCN(C)CC(C(=O)O)C2)cc1C. The average Bonchev–Trinajstić information content (AvgIpc) is 2.55. The highest BCUT2D eigenvalue weighted by Gasteiger charge is 2.26. The molecule has 0 amide bonds. The third kappa shape index (κ3) is 3.26. The van der Waals surface area contributed by atoms with Gasteiger partial charge in [-0.05, 0) is 44.2 Å². The summed E-state index contributed by atoms with van der Waals surface area (Å²) in [6.45, 7) is 7.17. The quantitative estimate of drug-likeness (QED) is 0.882. The molecular weight excluding hydrogens is 240 g/mol. The number of anilines is 1. The Balaban J connectivity index is 2.22. The van der Waals surface area contributed by atoms with E-state index >= 15 is 0 Å². The molecule has 2 rings (SSSR count). The average molecular weight is 262 g/mol. The molecule has 19 heavy (non-hydrogen) atoms. The number of carbonyl (C=O) groups is 1. The summed E-state index contributed by atoms with van der Waals surface area (Å²) in [5.74, 6) is -1.03. The van der Waals surface area contributed by atoms with Gasteiger partial charge in [-0.1, -0.05) is 6.07 Å². The lowest BCUT2D eigenvalue weighted by Crippen LogP contribution is -2.34. The van der Waals surface area contributed by atoms with Crippen molar-refractivity contribution < 1.29 is 9.90 Å². The molecule has 0 radical (unpaired) electrons. The number of hydrogen-bond acceptors (Lipinski definition) is 3. The van der Waals surface area contributed by atoms with Crippen molar-refractivity contribution in [2.24, 2.45) is 5.92 Å². The van der Waals surface area contributed by atoms with E-state index in [2.05, 4.69) is 41.8 Å². The van der Waals surface area contributed by atoms with E-state index in [1.807, 2.05) is 7.05 Å². The fourth-order valence-corrected chi connectivity index (χ4v) is 2.49. The van der Waals surface area contributed by atoms with Gasteiger partial charge in [-0.15, -0.1) is 0 Å². The summed E-state index contributed by atoms with van der Waals surface area (Å²) in [6, 6.07) is 6.35. The first-order chi connectivity index (χ1) is 8.97. The van der Waals surface area contributed by atoms with Crippen LogP contribution in [0.4, 0.5) is 5.69 Å². The van der Waals surface area contributed by atoms with E-state index in [1.165, 1.54) is 11.1 Å². The summed E-state index contributed by atoms with van der Waals surface area (Å²) in [7, 11) is 1.99. The molecule has 1 aliphatic heterocycles. The third-order valence-electron chi connectivity index (χ3n) is 3.93. The van der Waals surface area contributed by atoms with Crippen LogP contribution in [0.5, 0.6) is 0 Å². The van der Waals surface area contributed by atoms with E-state index in [-0.39, 0.29) is 5.92 Å². The molecule has 0 bridgehead atoms. The molecule has 1 heterocycles. The lowest BCUT2D eigenvalue weighted by atomic mass is 10.1. The van der Waals surface area contributed by atoms with E-state index in [1.54, 1.807) is 0 Å². The van der Waals surface area contributed by atoms with Crippen molar-refractivity contribution in [3.8, 4) is 0 Å². The second kappa shape index (κ2) is 5.61. The Kier molecular flexibility index (Phi) is 4.10. The first-order valence-corrected chi connectivity index (χ1v) is 6.71. The zero-order valence-corrected chi connectivity index (χ0v) is 11.9. The number of benzene rings is 1. The Bertz CT molecular complexity index is 473. The van der Waals surface area contributed by atoms with Crippen LogP contribution in [0.2, 0.25) is 0 Å². The fourth-order valence-electron chi connectivity index (χ4n) is 2.49. The van der Waals surface area contributed by atoms with E-state index in [4.69, 9.17) is 0 Å². The standard InChI is InChI=1S/C15H22N2O2/c1-11-4-5-14(8-12(11)2)17-7-6-16(3)9-13(10-17)15(18)19/h4-5,8,13H,6-7,9-10H2,1-3H3,(H,18,19). The Morgan fingerprint density at radius 2 is 1.95 bits per heavy atom. The normalized spacial score (nSPS) is 21.2. The van der Waals surface area contributed by atoms with Gasteiger partial charge in [0, 0.05) is 31.9 Å². The van der Waals surface area contributed by atoms with Crippen molar-refractivity contribution in [1.29, 1.82) is 0 Å². The van der Waals surface area contributed by atoms with Gasteiger partial charge in [0.25, 0.3) is 0 Å². The monoisotopic (exact) mass is 262 g/mol. The van der Waals surface area contributed by atoms with Gasteiger partial charge in [0.2, 0.25) is 0 Å². The predicted octanol–water partition coefficient (Wildman–Crippen LogP) is 1.76. The van der Waals surface area contributed by atoms with Crippen LogP contribution < -0.4 is 4.90 Å². The van der Waals surface area contributed by atoms with Crippen LogP contribution in [0.3, 0.4) is 0 Å². The molecule has 0 spiro atoms. The Morgan fingerprint density at radius 3 is 2.58 bits per heavy atom. The van der Waals surface area contributed by atoms with Crippen LogP contribution in [-0.4, -0.2) is 49.2 Å². The molecule has 1 N–H and O–H groups in total. The second-order valence-electron chi connectivity index (χ2n) is 5.51. The smallest absolute Gasteiger partial charge is 0.309 e. The van der Waals surface area contributed by atoms with Crippen LogP contribution in [0.25, 0.3) is 0 Å². The minimum Gasteiger partial charge on any atom is -0.481 e. The molecule has 104 valence electrons. The topological polar surface area (TPSA) is 43.8 Å². The predicted molar refractivity (Wildman–Crippen MR) is 76.8 cm³/mol. The number of carboxylic acids is 1. The zero-order chi connectivity index (χ0) is 14.0. The minimum atomic E-state index is -0.706. The van der Waals surface area contributed by atoms with Crippen LogP contribution in [-0.2, 0) is 4.79 Å². The molecule has 1 aromatic carbocycles. The molecule has 1 saturated heterocycles.